The van der Waals surface area contributed by atoms with Gasteiger partial charge in [-0.2, -0.15) is 0 Å². The molecule has 2 heteroatoms. The van der Waals surface area contributed by atoms with Gasteiger partial charge in [0, 0.05) is 12.1 Å². The van der Waals surface area contributed by atoms with Gasteiger partial charge in [-0.25, -0.2) is 0 Å². The molecule has 0 aromatic heterocycles. The maximum Gasteiger partial charge on any atom is 0.0656 e. The van der Waals surface area contributed by atoms with Crippen molar-refractivity contribution in [3.8, 4) is 0 Å². The number of hydrogen-bond donors (Lipinski definition) is 1. The van der Waals surface area contributed by atoms with Gasteiger partial charge >= 0.3 is 0 Å². The SMILES string of the molecule is Cc1ccc(/C=C/C2COCC(C)N2)cc1C. The maximum atomic E-state index is 5.51. The van der Waals surface area contributed by atoms with Gasteiger partial charge < -0.3 is 10.1 Å². The molecule has 1 heterocycles. The van der Waals surface area contributed by atoms with E-state index in [2.05, 4.69) is 56.4 Å². The number of aryl methyl sites for hydroxylation is 2. The molecule has 0 spiro atoms. The van der Waals surface area contributed by atoms with E-state index in [0.717, 1.165) is 13.2 Å². The maximum absolute atomic E-state index is 5.51. The van der Waals surface area contributed by atoms with Crippen LogP contribution < -0.4 is 5.32 Å². The molecule has 2 rings (SSSR count). The Hall–Kier alpha value is -1.12. The second-order valence-corrected chi connectivity index (χ2v) is 4.91. The minimum absolute atomic E-state index is 0.334. The summed E-state index contributed by atoms with van der Waals surface area (Å²) in [4.78, 5) is 0. The molecule has 0 bridgehead atoms. The molecule has 0 aliphatic carbocycles. The van der Waals surface area contributed by atoms with Gasteiger partial charge in [0.2, 0.25) is 0 Å². The average molecular weight is 231 g/mol. The summed E-state index contributed by atoms with van der Waals surface area (Å²) in [7, 11) is 0. The number of hydrogen-bond acceptors (Lipinski definition) is 2. The van der Waals surface area contributed by atoms with E-state index in [9.17, 15) is 0 Å². The molecule has 2 unspecified atom stereocenters. The summed E-state index contributed by atoms with van der Waals surface area (Å²) in [5.41, 5.74) is 3.94. The van der Waals surface area contributed by atoms with Crippen molar-refractivity contribution in [1.29, 1.82) is 0 Å². The molecule has 1 saturated heterocycles. The Bertz CT molecular complexity index is 411. The molecule has 1 N–H and O–H groups in total. The topological polar surface area (TPSA) is 21.3 Å². The van der Waals surface area contributed by atoms with E-state index in [0.29, 0.717) is 12.1 Å². The Labute approximate surface area is 104 Å². The van der Waals surface area contributed by atoms with Crippen LogP contribution in [0.5, 0.6) is 0 Å². The first-order valence-corrected chi connectivity index (χ1v) is 6.24. The fourth-order valence-corrected chi connectivity index (χ4v) is 2.04. The Morgan fingerprint density at radius 3 is 2.76 bits per heavy atom. The standard InChI is InChI=1S/C15H21NO/c1-11-4-5-14(8-12(11)2)6-7-15-10-17-9-13(3)16-15/h4-8,13,15-16H,9-10H2,1-3H3/b7-6+. The smallest absolute Gasteiger partial charge is 0.0656 e. The molecule has 1 aliphatic heterocycles. The zero-order chi connectivity index (χ0) is 12.3. The predicted octanol–water partition coefficient (Wildman–Crippen LogP) is 2.69. The summed E-state index contributed by atoms with van der Waals surface area (Å²) < 4.78 is 5.51. The third-order valence-electron chi connectivity index (χ3n) is 3.22. The van der Waals surface area contributed by atoms with Gasteiger partial charge in [0.1, 0.15) is 0 Å². The van der Waals surface area contributed by atoms with Crippen molar-refractivity contribution < 1.29 is 4.74 Å². The van der Waals surface area contributed by atoms with Gasteiger partial charge in [0.25, 0.3) is 0 Å². The zero-order valence-corrected chi connectivity index (χ0v) is 10.9. The Kier molecular flexibility index (Phi) is 3.97. The molecule has 0 amide bonds. The molecule has 0 saturated carbocycles. The van der Waals surface area contributed by atoms with E-state index in [-0.39, 0.29) is 0 Å². The molecule has 92 valence electrons. The highest BCUT2D eigenvalue weighted by Gasteiger charge is 2.15. The Morgan fingerprint density at radius 1 is 1.24 bits per heavy atom. The van der Waals surface area contributed by atoms with Crippen LogP contribution in [0, 0.1) is 13.8 Å². The van der Waals surface area contributed by atoms with E-state index in [4.69, 9.17) is 4.74 Å². The van der Waals surface area contributed by atoms with Crippen molar-refractivity contribution >= 4 is 6.08 Å². The minimum Gasteiger partial charge on any atom is -0.378 e. The molecular formula is C15H21NO. The Morgan fingerprint density at radius 2 is 2.06 bits per heavy atom. The lowest BCUT2D eigenvalue weighted by atomic mass is 10.1. The van der Waals surface area contributed by atoms with Crippen LogP contribution in [0.1, 0.15) is 23.6 Å². The largest absolute Gasteiger partial charge is 0.378 e. The lowest BCUT2D eigenvalue weighted by Crippen LogP contribution is -2.46. The molecule has 17 heavy (non-hydrogen) atoms. The second kappa shape index (κ2) is 5.48. The average Bonchev–Trinajstić information content (AvgIpc) is 2.31. The van der Waals surface area contributed by atoms with Gasteiger partial charge in [-0.1, -0.05) is 30.4 Å². The van der Waals surface area contributed by atoms with Crippen LogP contribution in [-0.2, 0) is 4.74 Å². The van der Waals surface area contributed by atoms with Crippen LogP contribution in [0.2, 0.25) is 0 Å². The fourth-order valence-electron chi connectivity index (χ4n) is 2.04. The Balaban J connectivity index is 2.01. The van der Waals surface area contributed by atoms with Crippen LogP contribution in [0.25, 0.3) is 6.08 Å². The van der Waals surface area contributed by atoms with Crippen molar-refractivity contribution in [2.24, 2.45) is 0 Å². The number of benzene rings is 1. The molecular weight excluding hydrogens is 210 g/mol. The first kappa shape index (κ1) is 12.3. The normalized spacial score (nSPS) is 25.4. The first-order valence-electron chi connectivity index (χ1n) is 6.24. The van der Waals surface area contributed by atoms with Crippen LogP contribution in [0.4, 0.5) is 0 Å². The quantitative estimate of drug-likeness (QED) is 0.845. The second-order valence-electron chi connectivity index (χ2n) is 4.91. The highest BCUT2D eigenvalue weighted by atomic mass is 16.5. The van der Waals surface area contributed by atoms with Gasteiger partial charge in [0.05, 0.1) is 13.2 Å². The van der Waals surface area contributed by atoms with E-state index >= 15 is 0 Å². The lowest BCUT2D eigenvalue weighted by Gasteiger charge is -2.26. The molecule has 2 atom stereocenters. The minimum atomic E-state index is 0.334. The van der Waals surface area contributed by atoms with Crippen molar-refractivity contribution in [2.45, 2.75) is 32.9 Å². The van der Waals surface area contributed by atoms with Gasteiger partial charge in [0.15, 0.2) is 0 Å². The van der Waals surface area contributed by atoms with Crippen LogP contribution in [0.15, 0.2) is 24.3 Å². The van der Waals surface area contributed by atoms with Gasteiger partial charge in [-0.3, -0.25) is 0 Å². The number of rotatable bonds is 2. The molecule has 1 aliphatic rings. The summed E-state index contributed by atoms with van der Waals surface area (Å²) in [5.74, 6) is 0. The molecule has 1 aromatic rings. The zero-order valence-electron chi connectivity index (χ0n) is 10.9. The van der Waals surface area contributed by atoms with E-state index < -0.39 is 0 Å². The summed E-state index contributed by atoms with van der Waals surface area (Å²) in [6.07, 6.45) is 4.37. The summed E-state index contributed by atoms with van der Waals surface area (Å²) in [5, 5.41) is 3.50. The third-order valence-corrected chi connectivity index (χ3v) is 3.22. The van der Waals surface area contributed by atoms with Crippen molar-refractivity contribution in [3.63, 3.8) is 0 Å². The summed E-state index contributed by atoms with van der Waals surface area (Å²) in [6, 6.07) is 7.33. The summed E-state index contributed by atoms with van der Waals surface area (Å²) >= 11 is 0. The van der Waals surface area contributed by atoms with E-state index in [1.165, 1.54) is 16.7 Å². The monoisotopic (exact) mass is 231 g/mol. The number of ether oxygens (including phenoxy) is 1. The molecule has 1 fully saturated rings. The van der Waals surface area contributed by atoms with Crippen molar-refractivity contribution in [1.82, 2.24) is 5.32 Å². The van der Waals surface area contributed by atoms with E-state index in [1.54, 1.807) is 0 Å². The van der Waals surface area contributed by atoms with Crippen molar-refractivity contribution in [3.05, 3.63) is 41.0 Å². The molecule has 1 aromatic carbocycles. The summed E-state index contributed by atoms with van der Waals surface area (Å²) in [6.45, 7) is 8.02. The third kappa shape index (κ3) is 3.42. The molecule has 0 radical (unpaired) electrons. The van der Waals surface area contributed by atoms with Crippen LogP contribution >= 0.6 is 0 Å². The van der Waals surface area contributed by atoms with E-state index in [1.807, 2.05) is 0 Å². The predicted molar refractivity (Wildman–Crippen MR) is 72.2 cm³/mol. The van der Waals surface area contributed by atoms with Crippen molar-refractivity contribution in [2.75, 3.05) is 13.2 Å². The number of morpholine rings is 1. The van der Waals surface area contributed by atoms with Gasteiger partial charge in [-0.05, 0) is 37.5 Å². The van der Waals surface area contributed by atoms with Crippen LogP contribution in [-0.4, -0.2) is 25.3 Å². The highest BCUT2D eigenvalue weighted by Crippen LogP contribution is 2.12. The highest BCUT2D eigenvalue weighted by molar-refractivity contribution is 5.52. The first-order chi connectivity index (χ1) is 8.15. The van der Waals surface area contributed by atoms with Crippen LogP contribution in [0.3, 0.4) is 0 Å². The number of nitrogens with one attached hydrogen (secondary N) is 1. The lowest BCUT2D eigenvalue weighted by molar-refractivity contribution is 0.0637. The molecule has 2 nitrogen and oxygen atoms in total. The van der Waals surface area contributed by atoms with Gasteiger partial charge in [-0.15, -0.1) is 0 Å². The fraction of sp³-hybridized carbons (Fsp3) is 0.467.